The van der Waals surface area contributed by atoms with E-state index in [1.54, 1.807) is 0 Å². The molecule has 1 aliphatic carbocycles. The fourth-order valence-corrected chi connectivity index (χ4v) is 2.87. The number of imidazole rings is 1. The van der Waals surface area contributed by atoms with E-state index in [0.29, 0.717) is 6.42 Å². The van der Waals surface area contributed by atoms with Gasteiger partial charge in [0.15, 0.2) is 0 Å². The van der Waals surface area contributed by atoms with Gasteiger partial charge in [-0.05, 0) is 42.9 Å². The maximum atomic E-state index is 9.03. The minimum Gasteiger partial charge on any atom is -0.396 e. The lowest BCUT2D eigenvalue weighted by Gasteiger charge is -2.15. The Morgan fingerprint density at radius 1 is 1.21 bits per heavy atom. The molecule has 0 saturated heterocycles. The van der Waals surface area contributed by atoms with Gasteiger partial charge in [-0.1, -0.05) is 12.1 Å². The maximum Gasteiger partial charge on any atom is 0.111 e. The van der Waals surface area contributed by atoms with Crippen LogP contribution >= 0.6 is 0 Å². The molecule has 3 nitrogen and oxygen atoms in total. The molecule has 3 rings (SSSR count). The van der Waals surface area contributed by atoms with Crippen LogP contribution in [0.2, 0.25) is 0 Å². The van der Waals surface area contributed by atoms with Crippen molar-refractivity contribution < 1.29 is 5.11 Å². The average molecular weight is 256 g/mol. The van der Waals surface area contributed by atoms with Gasteiger partial charge in [0.05, 0.1) is 12.3 Å². The van der Waals surface area contributed by atoms with Gasteiger partial charge in [-0.3, -0.25) is 0 Å². The molecular weight excluding hydrogens is 236 g/mol. The van der Waals surface area contributed by atoms with Crippen LogP contribution in [0.4, 0.5) is 0 Å². The van der Waals surface area contributed by atoms with Gasteiger partial charge in [-0.2, -0.15) is 0 Å². The van der Waals surface area contributed by atoms with E-state index in [0.717, 1.165) is 11.5 Å². The van der Waals surface area contributed by atoms with Crippen LogP contribution in [0.5, 0.6) is 0 Å². The number of aryl methyl sites for hydroxylation is 3. The summed E-state index contributed by atoms with van der Waals surface area (Å²) in [5, 5.41) is 9.03. The van der Waals surface area contributed by atoms with E-state index in [4.69, 9.17) is 5.11 Å². The summed E-state index contributed by atoms with van der Waals surface area (Å²) in [5.41, 5.74) is 5.19. The average Bonchev–Trinajstić information content (AvgIpc) is 2.80. The molecule has 3 heteroatoms. The Hall–Kier alpha value is -1.61. The Bertz CT molecular complexity index is 586. The molecule has 19 heavy (non-hydrogen) atoms. The van der Waals surface area contributed by atoms with Gasteiger partial charge >= 0.3 is 0 Å². The molecule has 0 saturated carbocycles. The van der Waals surface area contributed by atoms with Crippen molar-refractivity contribution in [3.05, 3.63) is 41.3 Å². The van der Waals surface area contributed by atoms with Gasteiger partial charge in [0.2, 0.25) is 0 Å². The molecule has 0 bridgehead atoms. The molecule has 0 radical (unpaired) electrons. The van der Waals surface area contributed by atoms with Crippen molar-refractivity contribution in [3.8, 4) is 11.3 Å². The minimum absolute atomic E-state index is 0.147. The maximum absolute atomic E-state index is 9.03. The zero-order valence-electron chi connectivity index (χ0n) is 11.4. The Kier molecular flexibility index (Phi) is 3.38. The predicted octanol–water partition coefficient (Wildman–Crippen LogP) is 2.50. The third-order valence-corrected chi connectivity index (χ3v) is 3.95. The summed E-state index contributed by atoms with van der Waals surface area (Å²) in [7, 11) is 1.99. The second-order valence-corrected chi connectivity index (χ2v) is 5.32. The second kappa shape index (κ2) is 5.17. The fourth-order valence-electron chi connectivity index (χ4n) is 2.87. The van der Waals surface area contributed by atoms with E-state index in [2.05, 4.69) is 29.4 Å². The number of benzene rings is 1. The number of aliphatic hydroxyl groups excluding tert-OH is 1. The first-order valence-electron chi connectivity index (χ1n) is 7.03. The van der Waals surface area contributed by atoms with E-state index in [1.807, 2.05) is 11.6 Å². The molecule has 1 aromatic heterocycles. The van der Waals surface area contributed by atoms with Gasteiger partial charge in [0.1, 0.15) is 5.82 Å². The Morgan fingerprint density at radius 2 is 2.00 bits per heavy atom. The lowest BCUT2D eigenvalue weighted by molar-refractivity contribution is 0.295. The molecule has 1 aromatic carbocycles. The largest absolute Gasteiger partial charge is 0.396 e. The molecule has 1 N–H and O–H groups in total. The van der Waals surface area contributed by atoms with E-state index in [9.17, 15) is 0 Å². The van der Waals surface area contributed by atoms with Gasteiger partial charge < -0.3 is 9.67 Å². The van der Waals surface area contributed by atoms with Crippen molar-refractivity contribution in [2.75, 3.05) is 6.61 Å². The smallest absolute Gasteiger partial charge is 0.111 e. The summed E-state index contributed by atoms with van der Waals surface area (Å²) in [4.78, 5) is 4.62. The van der Waals surface area contributed by atoms with Gasteiger partial charge in [-0.25, -0.2) is 4.98 Å². The molecule has 0 unspecified atom stereocenters. The molecule has 0 fully saturated rings. The molecule has 2 aromatic rings. The zero-order valence-corrected chi connectivity index (χ0v) is 11.4. The van der Waals surface area contributed by atoms with Crippen molar-refractivity contribution in [3.63, 3.8) is 0 Å². The third-order valence-electron chi connectivity index (χ3n) is 3.95. The molecule has 1 heterocycles. The van der Waals surface area contributed by atoms with E-state index in [-0.39, 0.29) is 6.61 Å². The topological polar surface area (TPSA) is 38.0 Å². The van der Waals surface area contributed by atoms with Crippen LogP contribution in [0, 0.1) is 0 Å². The molecule has 0 atom stereocenters. The molecular formula is C16H20N2O. The first kappa shape index (κ1) is 12.4. The number of hydrogen-bond acceptors (Lipinski definition) is 2. The summed E-state index contributed by atoms with van der Waals surface area (Å²) in [6, 6.07) is 6.72. The van der Waals surface area contributed by atoms with Crippen LogP contribution in [0.25, 0.3) is 11.3 Å². The van der Waals surface area contributed by atoms with E-state index in [1.165, 1.54) is 42.4 Å². The summed E-state index contributed by atoms with van der Waals surface area (Å²) in [6.07, 6.45) is 7.69. The number of nitrogens with zero attached hydrogens (tertiary/aromatic N) is 2. The molecule has 0 aliphatic heterocycles. The Morgan fingerprint density at radius 3 is 2.79 bits per heavy atom. The highest BCUT2D eigenvalue weighted by molar-refractivity contribution is 5.61. The summed E-state index contributed by atoms with van der Waals surface area (Å²) in [6.45, 7) is 0.147. The normalized spacial score (nSPS) is 14.4. The Labute approximate surface area is 113 Å². The monoisotopic (exact) mass is 256 g/mol. The van der Waals surface area contributed by atoms with Crippen molar-refractivity contribution >= 4 is 0 Å². The Balaban J connectivity index is 1.95. The summed E-state index contributed by atoms with van der Waals surface area (Å²) < 4.78 is 2.00. The van der Waals surface area contributed by atoms with E-state index < -0.39 is 0 Å². The number of aromatic nitrogens is 2. The SMILES string of the molecule is Cn1cc(-c2ccc3c(c2)CCCC3)nc1CCO. The lowest BCUT2D eigenvalue weighted by Crippen LogP contribution is -2.02. The summed E-state index contributed by atoms with van der Waals surface area (Å²) >= 11 is 0. The molecule has 100 valence electrons. The van der Waals surface area contributed by atoms with Gasteiger partial charge in [-0.15, -0.1) is 0 Å². The highest BCUT2D eigenvalue weighted by Gasteiger charge is 2.12. The van der Waals surface area contributed by atoms with E-state index >= 15 is 0 Å². The van der Waals surface area contributed by atoms with Gasteiger partial charge in [0, 0.05) is 25.2 Å². The van der Waals surface area contributed by atoms with Crippen LogP contribution in [0.3, 0.4) is 0 Å². The number of aliphatic hydroxyl groups is 1. The van der Waals surface area contributed by atoms with Crippen LogP contribution in [-0.4, -0.2) is 21.3 Å². The first-order chi connectivity index (χ1) is 9.28. The quantitative estimate of drug-likeness (QED) is 0.916. The minimum atomic E-state index is 0.147. The number of fused-ring (bicyclic) bond motifs is 1. The fraction of sp³-hybridized carbons (Fsp3) is 0.438. The summed E-state index contributed by atoms with van der Waals surface area (Å²) in [5.74, 6) is 0.940. The first-order valence-corrected chi connectivity index (χ1v) is 7.03. The number of hydrogen-bond donors (Lipinski definition) is 1. The van der Waals surface area contributed by atoms with Gasteiger partial charge in [0.25, 0.3) is 0 Å². The zero-order chi connectivity index (χ0) is 13.2. The van der Waals surface area contributed by atoms with Crippen molar-refractivity contribution in [1.29, 1.82) is 0 Å². The number of rotatable bonds is 3. The van der Waals surface area contributed by atoms with Crippen LogP contribution in [-0.2, 0) is 26.3 Å². The van der Waals surface area contributed by atoms with Crippen molar-refractivity contribution in [2.45, 2.75) is 32.1 Å². The standard InChI is InChI=1S/C16H20N2O/c1-18-11-15(17-16(18)8-9-19)14-7-6-12-4-2-3-5-13(12)10-14/h6-7,10-11,19H,2-5,8-9H2,1H3. The second-order valence-electron chi connectivity index (χ2n) is 5.32. The van der Waals surface area contributed by atoms with Crippen LogP contribution < -0.4 is 0 Å². The molecule has 0 amide bonds. The highest BCUT2D eigenvalue weighted by atomic mass is 16.3. The predicted molar refractivity (Wildman–Crippen MR) is 76.1 cm³/mol. The van der Waals surface area contributed by atoms with Crippen molar-refractivity contribution in [2.24, 2.45) is 7.05 Å². The molecule has 0 spiro atoms. The van der Waals surface area contributed by atoms with Crippen LogP contribution in [0.15, 0.2) is 24.4 Å². The lowest BCUT2D eigenvalue weighted by atomic mass is 9.90. The van der Waals surface area contributed by atoms with Crippen LogP contribution in [0.1, 0.15) is 29.8 Å². The third kappa shape index (κ3) is 2.43. The van der Waals surface area contributed by atoms with Crippen molar-refractivity contribution in [1.82, 2.24) is 9.55 Å². The highest BCUT2D eigenvalue weighted by Crippen LogP contribution is 2.27. The molecule has 1 aliphatic rings.